The molecule has 0 aliphatic rings. The van der Waals surface area contributed by atoms with Gasteiger partial charge in [0.15, 0.2) is 0 Å². The molecule has 0 amide bonds. The van der Waals surface area contributed by atoms with Crippen LogP contribution in [-0.4, -0.2) is 22.5 Å². The average molecular weight is 346 g/mol. The third kappa shape index (κ3) is 5.82. The molecule has 1 N–H and O–H groups in total. The summed E-state index contributed by atoms with van der Waals surface area (Å²) in [6.45, 7) is 22.3. The molecule has 0 aromatic heterocycles. The van der Waals surface area contributed by atoms with Crippen LogP contribution in [0.15, 0.2) is 6.07 Å². The van der Waals surface area contributed by atoms with E-state index < -0.39 is 0 Å². The highest BCUT2D eigenvalue weighted by molar-refractivity contribution is 5.75. The molecular weight excluding hydrogens is 307 g/mol. The van der Waals surface area contributed by atoms with Gasteiger partial charge >= 0.3 is 0 Å². The number of aromatic hydroxyl groups is 1. The molecule has 1 rings (SSSR count). The molecule has 0 saturated heterocycles. The van der Waals surface area contributed by atoms with Crippen molar-refractivity contribution in [2.24, 2.45) is 11.8 Å². The van der Waals surface area contributed by atoms with E-state index in [1.165, 1.54) is 11.1 Å². The maximum absolute atomic E-state index is 11.1. The zero-order valence-electron chi connectivity index (χ0n) is 17.7. The van der Waals surface area contributed by atoms with Crippen molar-refractivity contribution in [3.8, 4) is 5.75 Å². The van der Waals surface area contributed by atoms with Crippen molar-refractivity contribution in [1.29, 1.82) is 0 Å². The number of benzene rings is 1. The summed E-state index contributed by atoms with van der Waals surface area (Å²) in [6.07, 6.45) is 2.11. The van der Waals surface area contributed by atoms with Crippen molar-refractivity contribution in [3.63, 3.8) is 0 Å². The van der Waals surface area contributed by atoms with Crippen LogP contribution in [0.1, 0.15) is 91.5 Å². The van der Waals surface area contributed by atoms with Gasteiger partial charge in [-0.05, 0) is 52.2 Å². The van der Waals surface area contributed by atoms with E-state index >= 15 is 0 Å². The first-order valence-electron chi connectivity index (χ1n) is 9.13. The molecule has 0 aliphatic heterocycles. The van der Waals surface area contributed by atoms with Crippen molar-refractivity contribution < 1.29 is 5.11 Å². The van der Waals surface area contributed by atoms with Crippen molar-refractivity contribution in [3.05, 3.63) is 28.3 Å². The molecule has 0 saturated carbocycles. The largest absolute Gasteiger partial charge is 0.507 e. The Hall–Kier alpha value is -0.448. The van der Waals surface area contributed by atoms with Gasteiger partial charge in [0, 0.05) is 22.9 Å². The summed E-state index contributed by atoms with van der Waals surface area (Å²) in [5.41, 5.74) is 4.96. The number of phenolic OH excluding ortho intramolecular Hbond substituents is 1. The van der Waals surface area contributed by atoms with E-state index in [0.29, 0.717) is 17.6 Å². The van der Waals surface area contributed by atoms with Gasteiger partial charge in [0.2, 0.25) is 0 Å². The van der Waals surface area contributed by atoms with Crippen LogP contribution in [0, 0.1) is 11.8 Å². The highest BCUT2D eigenvalue weighted by Crippen LogP contribution is 2.43. The summed E-state index contributed by atoms with van der Waals surface area (Å²) in [4.78, 5) is 0. The molecule has 135 valence electrons. The Balaban J connectivity index is 0.00000529. The summed E-state index contributed by atoms with van der Waals surface area (Å²) >= 11 is 0. The molecule has 0 spiro atoms. The van der Waals surface area contributed by atoms with Gasteiger partial charge in [-0.3, -0.25) is 0 Å². The molecule has 0 aliphatic carbocycles. The number of hydrogen-bond acceptors (Lipinski definition) is 1. The molecular formula is C22H38AlO. The Morgan fingerprint density at radius 3 is 1.62 bits per heavy atom. The first-order valence-corrected chi connectivity index (χ1v) is 9.13. The van der Waals surface area contributed by atoms with Crippen LogP contribution in [0.2, 0.25) is 0 Å². The SMILES string of the molecule is CC(C)Cc1cc(C(C)(C)C)c(O)c(C(C)(C)C)c1CC(C)C.[Al]. The summed E-state index contributed by atoms with van der Waals surface area (Å²) in [6, 6.07) is 2.28. The molecule has 0 fully saturated rings. The highest BCUT2D eigenvalue weighted by atomic mass is 27.0. The minimum absolute atomic E-state index is 0. The lowest BCUT2D eigenvalue weighted by Crippen LogP contribution is -2.22. The van der Waals surface area contributed by atoms with Gasteiger partial charge in [-0.1, -0.05) is 75.3 Å². The van der Waals surface area contributed by atoms with Crippen LogP contribution in [0.25, 0.3) is 0 Å². The smallest absolute Gasteiger partial charge is 0.123 e. The molecule has 0 heterocycles. The van der Waals surface area contributed by atoms with E-state index in [1.807, 2.05) is 0 Å². The first-order chi connectivity index (χ1) is 10.2. The van der Waals surface area contributed by atoms with Gasteiger partial charge in [-0.25, -0.2) is 0 Å². The highest BCUT2D eigenvalue weighted by Gasteiger charge is 2.30. The van der Waals surface area contributed by atoms with Crippen LogP contribution in [0.3, 0.4) is 0 Å². The van der Waals surface area contributed by atoms with Gasteiger partial charge in [0.25, 0.3) is 0 Å². The fourth-order valence-corrected chi connectivity index (χ4v) is 3.41. The van der Waals surface area contributed by atoms with E-state index in [-0.39, 0.29) is 28.2 Å². The summed E-state index contributed by atoms with van der Waals surface area (Å²) < 4.78 is 0. The van der Waals surface area contributed by atoms with E-state index in [9.17, 15) is 5.11 Å². The second-order valence-corrected chi connectivity index (χ2v) is 9.98. The van der Waals surface area contributed by atoms with Crippen LogP contribution < -0.4 is 0 Å². The molecule has 0 bridgehead atoms. The molecule has 0 atom stereocenters. The number of hydrogen-bond donors (Lipinski definition) is 1. The van der Waals surface area contributed by atoms with Crippen LogP contribution in [0.5, 0.6) is 5.75 Å². The van der Waals surface area contributed by atoms with Crippen LogP contribution in [-0.2, 0) is 23.7 Å². The number of phenols is 1. The van der Waals surface area contributed by atoms with Crippen LogP contribution >= 0.6 is 0 Å². The molecule has 1 aromatic rings. The maximum atomic E-state index is 11.1. The Morgan fingerprint density at radius 2 is 1.29 bits per heavy atom. The average Bonchev–Trinajstić information content (AvgIpc) is 2.27. The minimum atomic E-state index is -0.0543. The van der Waals surface area contributed by atoms with E-state index in [1.54, 1.807) is 0 Å². The first kappa shape index (κ1) is 23.6. The van der Waals surface area contributed by atoms with E-state index in [2.05, 4.69) is 75.3 Å². The molecule has 24 heavy (non-hydrogen) atoms. The van der Waals surface area contributed by atoms with Crippen molar-refractivity contribution in [2.45, 2.75) is 92.9 Å². The van der Waals surface area contributed by atoms with Gasteiger partial charge in [-0.2, -0.15) is 0 Å². The van der Waals surface area contributed by atoms with Gasteiger partial charge in [0.1, 0.15) is 5.75 Å². The van der Waals surface area contributed by atoms with E-state index in [0.717, 1.165) is 24.0 Å². The zero-order chi connectivity index (χ0) is 18.2. The second kappa shape index (κ2) is 8.29. The Bertz CT molecular complexity index is 543. The lowest BCUT2D eigenvalue weighted by molar-refractivity contribution is 0.418. The fourth-order valence-electron chi connectivity index (χ4n) is 3.41. The molecule has 1 aromatic carbocycles. The molecule has 2 heteroatoms. The van der Waals surface area contributed by atoms with Crippen LogP contribution in [0.4, 0.5) is 0 Å². The Kier molecular flexibility index (Phi) is 8.13. The summed E-state index contributed by atoms with van der Waals surface area (Å²) in [7, 11) is 0. The predicted octanol–water partition coefficient (Wildman–Crippen LogP) is 6.00. The molecule has 3 radical (unpaired) electrons. The van der Waals surface area contributed by atoms with Gasteiger partial charge < -0.3 is 5.11 Å². The summed E-state index contributed by atoms with van der Waals surface area (Å²) in [5.74, 6) is 1.72. The number of rotatable bonds is 4. The van der Waals surface area contributed by atoms with Crippen molar-refractivity contribution in [2.75, 3.05) is 0 Å². The topological polar surface area (TPSA) is 20.2 Å². The maximum Gasteiger partial charge on any atom is 0.123 e. The normalized spacial score (nSPS) is 12.7. The Labute approximate surface area is 161 Å². The van der Waals surface area contributed by atoms with Gasteiger partial charge in [-0.15, -0.1) is 0 Å². The lowest BCUT2D eigenvalue weighted by atomic mass is 9.73. The van der Waals surface area contributed by atoms with Gasteiger partial charge in [0.05, 0.1) is 0 Å². The monoisotopic (exact) mass is 345 g/mol. The standard InChI is InChI=1S/C22H38O.Al/c1-14(2)11-16-13-18(21(5,6)7)20(23)19(22(8,9)10)17(16)12-15(3)4;/h13-15,23H,11-12H2,1-10H3;. The molecule has 0 unspecified atom stereocenters. The third-order valence-electron chi connectivity index (χ3n) is 4.30. The fraction of sp³-hybridized carbons (Fsp3) is 0.727. The van der Waals surface area contributed by atoms with Crippen molar-refractivity contribution >= 4 is 17.4 Å². The third-order valence-corrected chi connectivity index (χ3v) is 4.30. The lowest BCUT2D eigenvalue weighted by Gasteiger charge is -2.32. The zero-order valence-corrected chi connectivity index (χ0v) is 18.8. The van der Waals surface area contributed by atoms with Crippen molar-refractivity contribution in [1.82, 2.24) is 0 Å². The Morgan fingerprint density at radius 1 is 0.833 bits per heavy atom. The second-order valence-electron chi connectivity index (χ2n) is 9.98. The van der Waals surface area contributed by atoms with E-state index in [4.69, 9.17) is 0 Å². The molecule has 1 nitrogen and oxygen atoms in total. The quantitative estimate of drug-likeness (QED) is 0.663. The summed E-state index contributed by atoms with van der Waals surface area (Å²) in [5, 5.41) is 11.1. The predicted molar refractivity (Wildman–Crippen MR) is 108 cm³/mol. The minimum Gasteiger partial charge on any atom is -0.507 e.